The Hall–Kier alpha value is -1.15. The van der Waals surface area contributed by atoms with Crippen LogP contribution in [0, 0.1) is 11.3 Å². The summed E-state index contributed by atoms with van der Waals surface area (Å²) >= 11 is 0. The first-order valence-electron chi connectivity index (χ1n) is 5.73. The summed E-state index contributed by atoms with van der Waals surface area (Å²) in [4.78, 5) is 4.23. The van der Waals surface area contributed by atoms with Crippen molar-refractivity contribution in [2.75, 3.05) is 6.54 Å². The van der Waals surface area contributed by atoms with Gasteiger partial charge in [-0.3, -0.25) is 4.98 Å². The maximum Gasteiger partial charge on any atom is 0.0303 e. The molecule has 2 heteroatoms. The van der Waals surface area contributed by atoms with Crippen LogP contribution in [0.5, 0.6) is 0 Å². The molecule has 2 aliphatic carbocycles. The minimum Gasteiger partial charge on any atom is -0.311 e. The highest BCUT2D eigenvalue weighted by molar-refractivity contribution is 5.38. The van der Waals surface area contributed by atoms with Gasteiger partial charge in [0.05, 0.1) is 0 Å². The van der Waals surface area contributed by atoms with Gasteiger partial charge >= 0.3 is 0 Å². The maximum atomic E-state index is 4.23. The van der Waals surface area contributed by atoms with Gasteiger partial charge < -0.3 is 5.32 Å². The minimum atomic E-state index is 0.528. The number of aromatic nitrogens is 1. The molecule has 76 valence electrons. The highest BCUT2D eigenvalue weighted by atomic mass is 15.1. The zero-order valence-electron chi connectivity index (χ0n) is 8.56. The summed E-state index contributed by atoms with van der Waals surface area (Å²) in [7, 11) is 0. The van der Waals surface area contributed by atoms with Crippen molar-refractivity contribution < 1.29 is 0 Å². The van der Waals surface area contributed by atoms with E-state index in [2.05, 4.69) is 28.5 Å². The SMILES string of the molecule is C1=CC23CNC2C(c2cccnc2)CC13. The van der Waals surface area contributed by atoms with E-state index in [1.54, 1.807) is 0 Å². The predicted octanol–water partition coefficient (Wildman–Crippen LogP) is 1.71. The molecule has 4 rings (SSSR count). The smallest absolute Gasteiger partial charge is 0.0303 e. The Bertz CT molecular complexity index is 425. The van der Waals surface area contributed by atoms with Gasteiger partial charge in [0.25, 0.3) is 0 Å². The Morgan fingerprint density at radius 2 is 2.47 bits per heavy atom. The molecule has 4 atom stereocenters. The molecule has 1 saturated carbocycles. The standard InChI is InChI=1S/C13H14N2/c1-2-9(7-14-5-1)11-6-10-3-4-13(10)8-15-12(11)13/h1-5,7,10-12,15H,6,8H2. The highest BCUT2D eigenvalue weighted by Gasteiger charge is 2.61. The van der Waals surface area contributed by atoms with Crippen LogP contribution in [0.4, 0.5) is 0 Å². The summed E-state index contributed by atoms with van der Waals surface area (Å²) in [5, 5.41) is 3.60. The number of rotatable bonds is 1. The molecule has 1 aliphatic heterocycles. The lowest BCUT2D eigenvalue weighted by Crippen LogP contribution is -2.64. The first-order chi connectivity index (χ1) is 7.40. The van der Waals surface area contributed by atoms with Gasteiger partial charge in [0, 0.05) is 36.3 Å². The summed E-state index contributed by atoms with van der Waals surface area (Å²) in [5.74, 6) is 1.50. The fraction of sp³-hybridized carbons (Fsp3) is 0.462. The van der Waals surface area contributed by atoms with E-state index in [1.807, 2.05) is 18.5 Å². The average Bonchev–Trinajstić information content (AvgIpc) is 2.35. The van der Waals surface area contributed by atoms with Gasteiger partial charge in [-0.1, -0.05) is 18.2 Å². The molecule has 0 amide bonds. The van der Waals surface area contributed by atoms with Crippen molar-refractivity contribution in [3.8, 4) is 0 Å². The molecule has 4 unspecified atom stereocenters. The molecule has 1 saturated heterocycles. The molecule has 1 N–H and O–H groups in total. The van der Waals surface area contributed by atoms with Crippen molar-refractivity contribution in [3.63, 3.8) is 0 Å². The molecule has 0 aromatic carbocycles. The zero-order valence-corrected chi connectivity index (χ0v) is 8.56. The summed E-state index contributed by atoms with van der Waals surface area (Å²) in [6.45, 7) is 1.19. The molecular weight excluding hydrogens is 184 g/mol. The van der Waals surface area contributed by atoms with Crippen LogP contribution in [0.2, 0.25) is 0 Å². The second-order valence-corrected chi connectivity index (χ2v) is 5.07. The molecule has 2 nitrogen and oxygen atoms in total. The highest BCUT2D eigenvalue weighted by Crippen LogP contribution is 2.60. The Morgan fingerprint density at radius 1 is 1.47 bits per heavy atom. The second kappa shape index (κ2) is 2.50. The van der Waals surface area contributed by atoms with Gasteiger partial charge in [-0.15, -0.1) is 0 Å². The van der Waals surface area contributed by atoms with E-state index in [0.717, 1.165) is 5.92 Å². The molecule has 1 aromatic rings. The number of allylic oxidation sites excluding steroid dienone is 1. The number of nitrogens with zero attached hydrogens (tertiary/aromatic N) is 1. The lowest BCUT2D eigenvalue weighted by molar-refractivity contribution is 0.114. The van der Waals surface area contributed by atoms with Crippen LogP contribution in [0.3, 0.4) is 0 Å². The van der Waals surface area contributed by atoms with Gasteiger partial charge in [0.2, 0.25) is 0 Å². The van der Waals surface area contributed by atoms with E-state index < -0.39 is 0 Å². The lowest BCUT2D eigenvalue weighted by atomic mass is 9.62. The normalized spacial score (nSPS) is 45.2. The quantitative estimate of drug-likeness (QED) is 0.695. The minimum absolute atomic E-state index is 0.528. The Kier molecular flexibility index (Phi) is 1.34. The lowest BCUT2D eigenvalue weighted by Gasteiger charge is -2.52. The van der Waals surface area contributed by atoms with Crippen LogP contribution in [0.15, 0.2) is 36.7 Å². The molecule has 3 aliphatic rings. The molecule has 2 heterocycles. The van der Waals surface area contributed by atoms with Crippen molar-refractivity contribution in [1.82, 2.24) is 10.3 Å². The van der Waals surface area contributed by atoms with Crippen LogP contribution in [-0.4, -0.2) is 17.6 Å². The van der Waals surface area contributed by atoms with E-state index in [1.165, 1.54) is 18.5 Å². The van der Waals surface area contributed by atoms with E-state index >= 15 is 0 Å². The van der Waals surface area contributed by atoms with Gasteiger partial charge in [0.1, 0.15) is 0 Å². The molecule has 0 bridgehead atoms. The number of nitrogens with one attached hydrogen (secondary N) is 1. The fourth-order valence-corrected chi connectivity index (χ4v) is 3.61. The fourth-order valence-electron chi connectivity index (χ4n) is 3.61. The topological polar surface area (TPSA) is 24.9 Å². The molecule has 2 fully saturated rings. The first kappa shape index (κ1) is 8.05. The Morgan fingerprint density at radius 3 is 3.00 bits per heavy atom. The van der Waals surface area contributed by atoms with E-state index in [4.69, 9.17) is 0 Å². The summed E-state index contributed by atoms with van der Waals surface area (Å²) in [6.07, 6.45) is 10.0. The van der Waals surface area contributed by atoms with Crippen molar-refractivity contribution in [2.24, 2.45) is 11.3 Å². The molecular formula is C13H14N2. The van der Waals surface area contributed by atoms with Crippen molar-refractivity contribution in [3.05, 3.63) is 42.2 Å². The van der Waals surface area contributed by atoms with E-state index in [0.29, 0.717) is 17.4 Å². The van der Waals surface area contributed by atoms with Gasteiger partial charge in [0.15, 0.2) is 0 Å². The van der Waals surface area contributed by atoms with Crippen LogP contribution in [0.25, 0.3) is 0 Å². The third-order valence-corrected chi connectivity index (χ3v) is 4.56. The molecule has 0 radical (unpaired) electrons. The first-order valence-corrected chi connectivity index (χ1v) is 5.73. The predicted molar refractivity (Wildman–Crippen MR) is 58.4 cm³/mol. The molecule has 1 aromatic heterocycles. The number of hydrogen-bond donors (Lipinski definition) is 1. The van der Waals surface area contributed by atoms with Crippen molar-refractivity contribution in [2.45, 2.75) is 18.4 Å². The summed E-state index contributed by atoms with van der Waals surface area (Å²) < 4.78 is 0. The summed E-state index contributed by atoms with van der Waals surface area (Å²) in [6, 6.07) is 4.95. The third kappa shape index (κ3) is 0.824. The van der Waals surface area contributed by atoms with E-state index in [-0.39, 0.29) is 0 Å². The largest absolute Gasteiger partial charge is 0.311 e. The third-order valence-electron chi connectivity index (χ3n) is 4.56. The summed E-state index contributed by atoms with van der Waals surface area (Å²) in [5.41, 5.74) is 1.94. The average molecular weight is 198 g/mol. The molecule has 1 spiro atoms. The van der Waals surface area contributed by atoms with Crippen LogP contribution in [-0.2, 0) is 0 Å². The van der Waals surface area contributed by atoms with Crippen molar-refractivity contribution >= 4 is 0 Å². The zero-order chi connectivity index (χ0) is 9.88. The van der Waals surface area contributed by atoms with Gasteiger partial charge in [-0.25, -0.2) is 0 Å². The maximum absolute atomic E-state index is 4.23. The van der Waals surface area contributed by atoms with Crippen molar-refractivity contribution in [1.29, 1.82) is 0 Å². The molecule has 15 heavy (non-hydrogen) atoms. The second-order valence-electron chi connectivity index (χ2n) is 5.07. The van der Waals surface area contributed by atoms with Crippen LogP contribution in [0.1, 0.15) is 17.9 Å². The van der Waals surface area contributed by atoms with Crippen LogP contribution >= 0.6 is 0 Å². The van der Waals surface area contributed by atoms with Gasteiger partial charge in [-0.05, 0) is 24.0 Å². The van der Waals surface area contributed by atoms with E-state index in [9.17, 15) is 0 Å². The monoisotopic (exact) mass is 198 g/mol. The van der Waals surface area contributed by atoms with Crippen LogP contribution < -0.4 is 5.32 Å². The Labute approximate surface area is 89.4 Å². The Balaban J connectivity index is 1.72. The number of hydrogen-bond acceptors (Lipinski definition) is 2. The number of pyridine rings is 1. The van der Waals surface area contributed by atoms with Gasteiger partial charge in [-0.2, -0.15) is 0 Å².